The Bertz CT molecular complexity index is 1410. The van der Waals surface area contributed by atoms with Crippen LogP contribution in [-0.2, 0) is 20.7 Å². The van der Waals surface area contributed by atoms with Gasteiger partial charge in [-0.05, 0) is 79.1 Å². The molecule has 8 nitrogen and oxygen atoms in total. The minimum Gasteiger partial charge on any atom is -0.462 e. The lowest BCUT2D eigenvalue weighted by Crippen LogP contribution is -2.32. The molecule has 0 fully saturated rings. The number of rotatable bonds is 10. The van der Waals surface area contributed by atoms with Crippen molar-refractivity contribution < 1.29 is 23.9 Å². The lowest BCUT2D eigenvalue weighted by molar-refractivity contribution is -0.120. The van der Waals surface area contributed by atoms with Crippen molar-refractivity contribution >= 4 is 52.4 Å². The van der Waals surface area contributed by atoms with Gasteiger partial charge in [0, 0.05) is 16.9 Å². The monoisotopic (exact) mass is 545 g/mol. The van der Waals surface area contributed by atoms with Crippen LogP contribution in [0.1, 0.15) is 53.0 Å². The Morgan fingerprint density at radius 3 is 2.05 bits per heavy atom. The zero-order valence-corrected chi connectivity index (χ0v) is 22.4. The predicted molar refractivity (Wildman–Crippen MR) is 151 cm³/mol. The molecule has 2 N–H and O–H groups in total. The zero-order valence-electron chi connectivity index (χ0n) is 21.6. The third-order valence-corrected chi connectivity index (χ3v) is 6.51. The Labute approximate surface area is 231 Å². The molecule has 0 aromatic heterocycles. The van der Waals surface area contributed by atoms with Crippen LogP contribution in [0.15, 0.2) is 83.5 Å². The highest BCUT2D eigenvalue weighted by atomic mass is 35.5. The molecule has 200 valence electrons. The van der Waals surface area contributed by atoms with E-state index in [1.54, 1.807) is 60.7 Å². The maximum Gasteiger partial charge on any atom is 0.338 e. The number of esters is 1. The third-order valence-electron chi connectivity index (χ3n) is 6.16. The first kappa shape index (κ1) is 27.6. The summed E-state index contributed by atoms with van der Waals surface area (Å²) in [5.74, 6) is -1.93. The molecule has 3 amide bonds. The number of imide groups is 1. The molecule has 4 rings (SSSR count). The van der Waals surface area contributed by atoms with E-state index in [0.29, 0.717) is 34.8 Å². The number of unbranched alkanes of at least 4 members (excludes halogenated alkanes) is 1. The molecule has 3 aromatic carbocycles. The number of carbonyl (C=O) groups excluding carboxylic acids is 4. The van der Waals surface area contributed by atoms with E-state index in [1.165, 1.54) is 0 Å². The lowest BCUT2D eigenvalue weighted by Gasteiger charge is -2.15. The smallest absolute Gasteiger partial charge is 0.338 e. The van der Waals surface area contributed by atoms with E-state index < -0.39 is 17.8 Å². The minimum absolute atomic E-state index is 0.0354. The van der Waals surface area contributed by atoms with Crippen LogP contribution in [0.5, 0.6) is 0 Å². The fraction of sp³-hybridized carbons (Fsp3) is 0.200. The molecular formula is C30H28ClN3O5. The number of benzene rings is 3. The molecule has 3 aromatic rings. The van der Waals surface area contributed by atoms with E-state index in [0.717, 1.165) is 29.7 Å². The number of amides is 3. The number of hydrogen-bond acceptors (Lipinski definition) is 6. The number of anilines is 3. The normalized spacial score (nSPS) is 13.1. The predicted octanol–water partition coefficient (Wildman–Crippen LogP) is 5.89. The first-order valence-corrected chi connectivity index (χ1v) is 13.0. The number of ether oxygens (including phenoxy) is 1. The van der Waals surface area contributed by atoms with Crippen molar-refractivity contribution in [1.29, 1.82) is 0 Å². The van der Waals surface area contributed by atoms with E-state index >= 15 is 0 Å². The van der Waals surface area contributed by atoms with Crippen molar-refractivity contribution in [3.05, 3.63) is 100 Å². The summed E-state index contributed by atoms with van der Waals surface area (Å²) in [6.07, 6.45) is 2.58. The number of carbonyl (C=O) groups is 4. The summed E-state index contributed by atoms with van der Waals surface area (Å²) in [6.45, 7) is 4.41. The molecule has 0 saturated carbocycles. The summed E-state index contributed by atoms with van der Waals surface area (Å²) in [6, 6.07) is 19.9. The molecule has 0 unspecified atom stereocenters. The molecule has 39 heavy (non-hydrogen) atoms. The molecule has 0 bridgehead atoms. The maximum atomic E-state index is 13.0. The number of halogens is 1. The van der Waals surface area contributed by atoms with Gasteiger partial charge < -0.3 is 15.4 Å². The van der Waals surface area contributed by atoms with Gasteiger partial charge in [-0.25, -0.2) is 9.69 Å². The molecule has 0 aliphatic carbocycles. The fourth-order valence-corrected chi connectivity index (χ4v) is 4.07. The van der Waals surface area contributed by atoms with Gasteiger partial charge in [0.25, 0.3) is 17.7 Å². The second kappa shape index (κ2) is 12.4. The molecular weight excluding hydrogens is 518 g/mol. The Morgan fingerprint density at radius 1 is 0.821 bits per heavy atom. The standard InChI is InChI=1S/C30H28ClN3O5/c1-3-5-18-39-30(38)21-10-14-23(15-11-21)33-27(35)20-8-12-22(13-9-20)32-26-25(31)28(36)34(29(26)37)24-16-6-19(4-2)7-17-24/h6-17,32H,3-5,18H2,1-2H3,(H,33,35). The van der Waals surface area contributed by atoms with Crippen molar-refractivity contribution in [2.24, 2.45) is 0 Å². The number of nitrogens with zero attached hydrogens (tertiary/aromatic N) is 1. The van der Waals surface area contributed by atoms with E-state index in [-0.39, 0.29) is 16.6 Å². The SMILES string of the molecule is CCCCOC(=O)c1ccc(NC(=O)c2ccc(NC3=C(Cl)C(=O)N(c4ccc(CC)cc4)C3=O)cc2)cc1. The van der Waals surface area contributed by atoms with Gasteiger partial charge in [-0.1, -0.05) is 44.0 Å². The number of aryl methyl sites for hydroxylation is 1. The van der Waals surface area contributed by atoms with E-state index in [9.17, 15) is 19.2 Å². The summed E-state index contributed by atoms with van der Waals surface area (Å²) in [7, 11) is 0. The van der Waals surface area contributed by atoms with Gasteiger partial charge in [0.2, 0.25) is 0 Å². The van der Waals surface area contributed by atoms with Crippen LogP contribution in [-0.4, -0.2) is 30.3 Å². The highest BCUT2D eigenvalue weighted by Gasteiger charge is 2.38. The van der Waals surface area contributed by atoms with Gasteiger partial charge in [-0.15, -0.1) is 0 Å². The maximum absolute atomic E-state index is 13.0. The average Bonchev–Trinajstić information content (AvgIpc) is 3.16. The van der Waals surface area contributed by atoms with Crippen molar-refractivity contribution in [1.82, 2.24) is 0 Å². The largest absolute Gasteiger partial charge is 0.462 e. The molecule has 0 spiro atoms. The van der Waals surface area contributed by atoms with Crippen molar-refractivity contribution in [2.75, 3.05) is 22.1 Å². The molecule has 9 heteroatoms. The number of nitrogens with one attached hydrogen (secondary N) is 2. The van der Waals surface area contributed by atoms with Gasteiger partial charge in [0.1, 0.15) is 10.7 Å². The highest BCUT2D eigenvalue weighted by Crippen LogP contribution is 2.30. The van der Waals surface area contributed by atoms with Crippen LogP contribution < -0.4 is 15.5 Å². The Kier molecular flexibility index (Phi) is 8.78. The van der Waals surface area contributed by atoms with Crippen LogP contribution in [0, 0.1) is 0 Å². The average molecular weight is 546 g/mol. The van der Waals surface area contributed by atoms with E-state index in [1.807, 2.05) is 26.0 Å². The Hall–Kier alpha value is -4.43. The first-order chi connectivity index (χ1) is 18.8. The summed E-state index contributed by atoms with van der Waals surface area (Å²) >= 11 is 6.22. The quantitative estimate of drug-likeness (QED) is 0.187. The van der Waals surface area contributed by atoms with Crippen LogP contribution >= 0.6 is 11.6 Å². The second-order valence-corrected chi connectivity index (χ2v) is 9.26. The third kappa shape index (κ3) is 6.35. The van der Waals surface area contributed by atoms with E-state index in [4.69, 9.17) is 16.3 Å². The molecule has 1 aliphatic heterocycles. The van der Waals surface area contributed by atoms with Crippen LogP contribution in [0.2, 0.25) is 0 Å². The summed E-state index contributed by atoms with van der Waals surface area (Å²) in [5, 5.41) is 5.47. The molecule has 0 saturated heterocycles. The van der Waals surface area contributed by atoms with Crippen molar-refractivity contribution in [3.63, 3.8) is 0 Å². The molecule has 1 aliphatic rings. The van der Waals surface area contributed by atoms with Gasteiger partial charge in [-0.2, -0.15) is 0 Å². The first-order valence-electron chi connectivity index (χ1n) is 12.7. The molecule has 0 atom stereocenters. The summed E-state index contributed by atoms with van der Waals surface area (Å²) in [5.41, 5.74) is 3.26. The van der Waals surface area contributed by atoms with Crippen LogP contribution in [0.3, 0.4) is 0 Å². The van der Waals surface area contributed by atoms with E-state index in [2.05, 4.69) is 10.6 Å². The second-order valence-electron chi connectivity index (χ2n) is 8.88. The molecule has 0 radical (unpaired) electrons. The van der Waals surface area contributed by atoms with Crippen molar-refractivity contribution in [3.8, 4) is 0 Å². The van der Waals surface area contributed by atoms with Crippen LogP contribution in [0.25, 0.3) is 0 Å². The molecule has 1 heterocycles. The Morgan fingerprint density at radius 2 is 1.44 bits per heavy atom. The summed E-state index contributed by atoms with van der Waals surface area (Å²) < 4.78 is 5.19. The minimum atomic E-state index is -0.607. The van der Waals surface area contributed by atoms with Gasteiger partial charge in [0.05, 0.1) is 17.9 Å². The van der Waals surface area contributed by atoms with Gasteiger partial charge >= 0.3 is 5.97 Å². The van der Waals surface area contributed by atoms with Crippen molar-refractivity contribution in [2.45, 2.75) is 33.1 Å². The Balaban J connectivity index is 1.38. The number of hydrogen-bond donors (Lipinski definition) is 2. The summed E-state index contributed by atoms with van der Waals surface area (Å²) in [4.78, 5) is 51.5. The van der Waals surface area contributed by atoms with Gasteiger partial charge in [-0.3, -0.25) is 14.4 Å². The zero-order chi connectivity index (χ0) is 27.9. The van der Waals surface area contributed by atoms with Crippen LogP contribution in [0.4, 0.5) is 17.1 Å². The lowest BCUT2D eigenvalue weighted by atomic mass is 10.1. The highest BCUT2D eigenvalue weighted by molar-refractivity contribution is 6.53. The topological polar surface area (TPSA) is 105 Å². The fourth-order valence-electron chi connectivity index (χ4n) is 3.86. The van der Waals surface area contributed by atoms with Gasteiger partial charge in [0.15, 0.2) is 0 Å².